The Morgan fingerprint density at radius 3 is 2.37 bits per heavy atom. The van der Waals surface area contributed by atoms with Gasteiger partial charge in [0, 0.05) is 18.3 Å². The number of carbonyl (C=O) groups is 2. The van der Waals surface area contributed by atoms with Crippen LogP contribution in [0.2, 0.25) is 0 Å². The lowest BCUT2D eigenvalue weighted by Crippen LogP contribution is -2.46. The highest BCUT2D eigenvalue weighted by molar-refractivity contribution is 7.93. The summed E-state index contributed by atoms with van der Waals surface area (Å²) in [5, 5.41) is 0.834. The highest BCUT2D eigenvalue weighted by Crippen LogP contribution is 2.32. The van der Waals surface area contributed by atoms with Crippen LogP contribution in [0.5, 0.6) is 11.5 Å². The van der Waals surface area contributed by atoms with Crippen molar-refractivity contribution in [2.45, 2.75) is 38.2 Å². The van der Waals surface area contributed by atoms with Gasteiger partial charge in [0.25, 0.3) is 0 Å². The van der Waals surface area contributed by atoms with E-state index in [9.17, 15) is 18.0 Å². The van der Waals surface area contributed by atoms with E-state index >= 15 is 0 Å². The molecule has 1 heterocycles. The number of fused-ring (bicyclic) bond motifs is 1. The van der Waals surface area contributed by atoms with Gasteiger partial charge in [0.15, 0.2) is 21.3 Å². The molecule has 2 rings (SSSR count). The predicted octanol–water partition coefficient (Wildman–Crippen LogP) is 1.46. The Labute approximate surface area is 159 Å². The minimum Gasteiger partial charge on any atom is -0.486 e. The van der Waals surface area contributed by atoms with Gasteiger partial charge >= 0.3 is 0 Å². The number of hydrogen-bond acceptors (Lipinski definition) is 6. The van der Waals surface area contributed by atoms with E-state index in [1.54, 1.807) is 25.1 Å². The average Bonchev–Trinajstić information content (AvgIpc) is 2.64. The van der Waals surface area contributed by atoms with E-state index in [4.69, 9.17) is 9.47 Å². The molecule has 1 N–H and O–H groups in total. The molecule has 0 fully saturated rings. The summed E-state index contributed by atoms with van der Waals surface area (Å²) in [7, 11) is -3.59. The van der Waals surface area contributed by atoms with Crippen molar-refractivity contribution in [3.05, 3.63) is 18.2 Å². The predicted molar refractivity (Wildman–Crippen MR) is 102 cm³/mol. The Balaban J connectivity index is 2.03. The molecule has 9 heteroatoms. The lowest BCUT2D eigenvalue weighted by molar-refractivity contribution is -0.133. The maximum atomic E-state index is 12.5. The number of sulfone groups is 1. The van der Waals surface area contributed by atoms with Gasteiger partial charge in [0.1, 0.15) is 18.5 Å². The number of hydrogen-bond donors (Lipinski definition) is 1. The van der Waals surface area contributed by atoms with Gasteiger partial charge in [0.2, 0.25) is 11.8 Å². The third-order valence-electron chi connectivity index (χ3n) is 4.35. The smallest absolute Gasteiger partial charge is 0.243 e. The molecular weight excluding hydrogens is 372 g/mol. The van der Waals surface area contributed by atoms with Crippen molar-refractivity contribution < 1.29 is 27.5 Å². The molecule has 0 bridgehead atoms. The van der Waals surface area contributed by atoms with Crippen LogP contribution < -0.4 is 14.8 Å². The molecule has 1 aliphatic heterocycles. The molecule has 150 valence electrons. The zero-order chi connectivity index (χ0) is 20.2. The molecule has 0 aliphatic carbocycles. The molecule has 0 saturated carbocycles. The molecule has 8 nitrogen and oxygen atoms in total. The number of nitrogens with zero attached hydrogens (tertiary/aromatic N) is 1. The summed E-state index contributed by atoms with van der Waals surface area (Å²) in [6.45, 7) is 7.03. The highest BCUT2D eigenvalue weighted by atomic mass is 32.2. The van der Waals surface area contributed by atoms with Crippen molar-refractivity contribution in [1.29, 1.82) is 0 Å². The number of amides is 2. The summed E-state index contributed by atoms with van der Waals surface area (Å²) in [4.78, 5) is 26.1. The van der Waals surface area contributed by atoms with Gasteiger partial charge in [-0.3, -0.25) is 9.59 Å². The van der Waals surface area contributed by atoms with Crippen LogP contribution in [0.15, 0.2) is 18.2 Å². The number of benzene rings is 1. The van der Waals surface area contributed by atoms with Gasteiger partial charge in [-0.25, -0.2) is 8.42 Å². The lowest BCUT2D eigenvalue weighted by atomic mass is 10.2. The topological polar surface area (TPSA) is 102 Å². The molecule has 1 aromatic rings. The van der Waals surface area contributed by atoms with Gasteiger partial charge in [0.05, 0.1) is 11.8 Å². The normalized spacial score (nSPS) is 14.6. The first kappa shape index (κ1) is 21.0. The SMILES string of the molecule is CCN(CC(=O)Nc1ccc2c(c1)OCCO2)C(=O)C(C)S(=O)(=O)C(C)C. The molecule has 0 saturated heterocycles. The number of rotatable bonds is 7. The van der Waals surface area contributed by atoms with Crippen LogP contribution in [0.1, 0.15) is 27.7 Å². The van der Waals surface area contributed by atoms with E-state index in [1.165, 1.54) is 25.7 Å². The minimum atomic E-state index is -3.59. The standard InChI is InChI=1S/C18H26N2O6S/c1-5-20(18(22)13(4)27(23,24)12(2)3)11-17(21)19-14-6-7-15-16(10-14)26-9-8-25-15/h6-7,10,12-13H,5,8-9,11H2,1-4H3,(H,19,21). The monoisotopic (exact) mass is 398 g/mol. The third-order valence-corrected chi connectivity index (χ3v) is 6.85. The van der Waals surface area contributed by atoms with E-state index < -0.39 is 32.2 Å². The van der Waals surface area contributed by atoms with Crippen LogP contribution in [0.3, 0.4) is 0 Å². The van der Waals surface area contributed by atoms with Crippen LogP contribution in [0.4, 0.5) is 5.69 Å². The van der Waals surface area contributed by atoms with Gasteiger partial charge in [-0.1, -0.05) is 0 Å². The van der Waals surface area contributed by atoms with E-state index in [1.807, 2.05) is 0 Å². The number of nitrogens with one attached hydrogen (secondary N) is 1. The van der Waals surface area contributed by atoms with Gasteiger partial charge < -0.3 is 19.7 Å². The number of likely N-dealkylation sites (N-methyl/N-ethyl adjacent to an activating group) is 1. The quantitative estimate of drug-likeness (QED) is 0.746. The fourth-order valence-electron chi connectivity index (χ4n) is 2.65. The maximum absolute atomic E-state index is 12.5. The Bertz CT molecular complexity index is 806. The zero-order valence-corrected chi connectivity index (χ0v) is 16.8. The summed E-state index contributed by atoms with van der Waals surface area (Å²) >= 11 is 0. The highest BCUT2D eigenvalue weighted by Gasteiger charge is 2.33. The van der Waals surface area contributed by atoms with Crippen LogP contribution in [0.25, 0.3) is 0 Å². The first-order valence-electron chi connectivity index (χ1n) is 8.87. The molecule has 1 atom stereocenters. The molecule has 0 aromatic heterocycles. The van der Waals surface area contributed by atoms with Crippen LogP contribution >= 0.6 is 0 Å². The van der Waals surface area contributed by atoms with Crippen molar-refractivity contribution in [2.75, 3.05) is 31.6 Å². The van der Waals surface area contributed by atoms with Crippen molar-refractivity contribution in [3.8, 4) is 11.5 Å². The largest absolute Gasteiger partial charge is 0.486 e. The Morgan fingerprint density at radius 1 is 1.15 bits per heavy atom. The minimum absolute atomic E-state index is 0.228. The molecule has 1 unspecified atom stereocenters. The van der Waals surface area contributed by atoms with Crippen molar-refractivity contribution in [3.63, 3.8) is 0 Å². The number of anilines is 1. The maximum Gasteiger partial charge on any atom is 0.243 e. The zero-order valence-electron chi connectivity index (χ0n) is 16.0. The van der Waals surface area contributed by atoms with Crippen molar-refractivity contribution in [1.82, 2.24) is 4.90 Å². The summed E-state index contributed by atoms with van der Waals surface area (Å²) in [5.41, 5.74) is 0.510. The Kier molecular flexibility index (Phi) is 6.69. The van der Waals surface area contributed by atoms with Crippen molar-refractivity contribution >= 4 is 27.3 Å². The first-order valence-corrected chi connectivity index (χ1v) is 10.5. The number of carbonyl (C=O) groups excluding carboxylic acids is 2. The molecule has 0 radical (unpaired) electrons. The summed E-state index contributed by atoms with van der Waals surface area (Å²) in [6, 6.07) is 5.02. The Hall–Kier alpha value is -2.29. The van der Waals surface area contributed by atoms with Crippen LogP contribution in [-0.2, 0) is 19.4 Å². The molecular formula is C18H26N2O6S. The van der Waals surface area contributed by atoms with Crippen molar-refractivity contribution in [2.24, 2.45) is 0 Å². The van der Waals surface area contributed by atoms with Crippen LogP contribution in [0, 0.1) is 0 Å². The second kappa shape index (κ2) is 8.60. The summed E-state index contributed by atoms with van der Waals surface area (Å²) in [6.07, 6.45) is 0. The second-order valence-electron chi connectivity index (χ2n) is 6.54. The van der Waals surface area contributed by atoms with E-state index in [0.29, 0.717) is 30.4 Å². The molecule has 1 aromatic carbocycles. The van der Waals surface area contributed by atoms with E-state index in [-0.39, 0.29) is 13.1 Å². The average molecular weight is 398 g/mol. The molecule has 0 spiro atoms. The van der Waals surface area contributed by atoms with Gasteiger partial charge in [-0.15, -0.1) is 0 Å². The fraction of sp³-hybridized carbons (Fsp3) is 0.556. The van der Waals surface area contributed by atoms with Crippen LogP contribution in [-0.4, -0.2) is 61.9 Å². The summed E-state index contributed by atoms with van der Waals surface area (Å²) < 4.78 is 35.4. The van der Waals surface area contributed by atoms with E-state index in [0.717, 1.165) is 0 Å². The van der Waals surface area contributed by atoms with E-state index in [2.05, 4.69) is 5.32 Å². The molecule has 1 aliphatic rings. The Morgan fingerprint density at radius 2 is 1.78 bits per heavy atom. The number of ether oxygens (including phenoxy) is 2. The van der Waals surface area contributed by atoms with Gasteiger partial charge in [-0.05, 0) is 39.8 Å². The fourth-order valence-corrected chi connectivity index (χ4v) is 3.89. The summed E-state index contributed by atoms with van der Waals surface area (Å²) in [5.74, 6) is 0.149. The molecule has 2 amide bonds. The lowest BCUT2D eigenvalue weighted by Gasteiger charge is -2.25. The molecule has 27 heavy (non-hydrogen) atoms. The third kappa shape index (κ3) is 4.91. The van der Waals surface area contributed by atoms with Gasteiger partial charge in [-0.2, -0.15) is 0 Å². The first-order chi connectivity index (χ1) is 12.7. The second-order valence-corrected chi connectivity index (χ2v) is 9.37.